The van der Waals surface area contributed by atoms with Crippen LogP contribution >= 0.6 is 0 Å². The highest BCUT2D eigenvalue weighted by Gasteiger charge is 2.31. The number of likely N-dealkylation sites (N-methyl/N-ethyl adjacent to an activating group) is 1. The van der Waals surface area contributed by atoms with Gasteiger partial charge in [0.05, 0.1) is 11.3 Å². The molecular formula is C21H23N3O. The topological polar surface area (TPSA) is 35.6 Å². The predicted molar refractivity (Wildman–Crippen MR) is 102 cm³/mol. The van der Waals surface area contributed by atoms with Crippen LogP contribution in [0.15, 0.2) is 42.6 Å². The second-order valence-corrected chi connectivity index (χ2v) is 7.12. The molecule has 128 valence electrons. The van der Waals surface area contributed by atoms with Crippen molar-refractivity contribution in [3.8, 4) is 11.1 Å². The molecule has 0 radical (unpaired) electrons. The molecule has 2 heterocycles. The van der Waals surface area contributed by atoms with E-state index in [4.69, 9.17) is 0 Å². The molecule has 1 N–H and O–H groups in total. The van der Waals surface area contributed by atoms with Gasteiger partial charge in [-0.3, -0.25) is 4.79 Å². The number of carbonyl (C=O) groups is 1. The van der Waals surface area contributed by atoms with Crippen molar-refractivity contribution in [3.05, 3.63) is 59.3 Å². The summed E-state index contributed by atoms with van der Waals surface area (Å²) >= 11 is 0. The maximum absolute atomic E-state index is 12.6. The number of nitrogens with zero attached hydrogens (tertiary/aromatic N) is 2. The number of rotatable bonds is 2. The number of benzene rings is 2. The molecule has 0 aliphatic carbocycles. The van der Waals surface area contributed by atoms with E-state index in [1.165, 1.54) is 22.3 Å². The number of hydrogen-bond acceptors (Lipinski definition) is 3. The highest BCUT2D eigenvalue weighted by atomic mass is 16.2. The summed E-state index contributed by atoms with van der Waals surface area (Å²) in [5, 5.41) is 3.12. The Morgan fingerprint density at radius 2 is 1.88 bits per heavy atom. The molecular weight excluding hydrogens is 310 g/mol. The van der Waals surface area contributed by atoms with Gasteiger partial charge in [0.1, 0.15) is 0 Å². The minimum Gasteiger partial charge on any atom is -0.383 e. The summed E-state index contributed by atoms with van der Waals surface area (Å²) in [6.07, 6.45) is 2.92. The zero-order chi connectivity index (χ0) is 17.6. The quantitative estimate of drug-likeness (QED) is 0.858. The summed E-state index contributed by atoms with van der Waals surface area (Å²) < 4.78 is 0. The molecule has 4 rings (SSSR count). The molecule has 0 spiro atoms. The Hall–Kier alpha value is -2.59. The summed E-state index contributed by atoms with van der Waals surface area (Å²) in [5.74, 6) is -0.00987. The molecule has 0 fully saturated rings. The van der Waals surface area contributed by atoms with Crippen molar-refractivity contribution < 1.29 is 4.79 Å². The van der Waals surface area contributed by atoms with Crippen LogP contribution < -0.4 is 5.32 Å². The Balaban J connectivity index is 1.98. The van der Waals surface area contributed by atoms with Crippen LogP contribution in [-0.4, -0.2) is 43.4 Å². The summed E-state index contributed by atoms with van der Waals surface area (Å²) in [6, 6.07) is 12.7. The van der Waals surface area contributed by atoms with Gasteiger partial charge in [-0.05, 0) is 41.8 Å². The fraction of sp³-hybridized carbons (Fsp3) is 0.286. The molecule has 1 amide bonds. The molecule has 2 aromatic carbocycles. The van der Waals surface area contributed by atoms with Crippen LogP contribution in [0.4, 0.5) is 5.69 Å². The largest absolute Gasteiger partial charge is 0.383 e. The van der Waals surface area contributed by atoms with Gasteiger partial charge in [-0.15, -0.1) is 0 Å². The average Bonchev–Trinajstić information content (AvgIpc) is 2.90. The molecule has 0 saturated carbocycles. The first-order chi connectivity index (χ1) is 12.0. The van der Waals surface area contributed by atoms with Crippen LogP contribution in [0.25, 0.3) is 16.7 Å². The zero-order valence-electron chi connectivity index (χ0n) is 15.0. The number of carbonyl (C=O) groups excluding carboxylic acids is 1. The smallest absolute Gasteiger partial charge is 0.257 e. The van der Waals surface area contributed by atoms with E-state index >= 15 is 0 Å². The lowest BCUT2D eigenvalue weighted by Gasteiger charge is -2.29. The molecule has 0 atom stereocenters. The Bertz CT molecular complexity index is 868. The van der Waals surface area contributed by atoms with E-state index in [0.29, 0.717) is 0 Å². The minimum absolute atomic E-state index is 0.00987. The second kappa shape index (κ2) is 6.05. The van der Waals surface area contributed by atoms with E-state index in [1.54, 1.807) is 0 Å². The fourth-order valence-corrected chi connectivity index (χ4v) is 3.81. The van der Waals surface area contributed by atoms with Crippen molar-refractivity contribution in [2.24, 2.45) is 0 Å². The highest BCUT2D eigenvalue weighted by Crippen LogP contribution is 2.43. The highest BCUT2D eigenvalue weighted by molar-refractivity contribution is 6.32. The van der Waals surface area contributed by atoms with Gasteiger partial charge in [0, 0.05) is 38.9 Å². The van der Waals surface area contributed by atoms with Gasteiger partial charge in [0.15, 0.2) is 0 Å². The van der Waals surface area contributed by atoms with Gasteiger partial charge >= 0.3 is 0 Å². The predicted octanol–water partition coefficient (Wildman–Crippen LogP) is 3.20. The van der Waals surface area contributed by atoms with Crippen LogP contribution in [0.3, 0.4) is 0 Å². The number of hydrogen-bond donors (Lipinski definition) is 1. The zero-order valence-corrected chi connectivity index (χ0v) is 15.0. The molecule has 2 aliphatic rings. The average molecular weight is 333 g/mol. The van der Waals surface area contributed by atoms with Crippen molar-refractivity contribution in [2.45, 2.75) is 13.0 Å². The molecule has 4 heteroatoms. The molecule has 0 bridgehead atoms. The SMILES string of the molecule is CN(C)C=C1C(=O)Nc2c1cc(-c1ccccc1)c1c2CN(C)CC1. The third kappa shape index (κ3) is 2.72. The lowest BCUT2D eigenvalue weighted by molar-refractivity contribution is -0.110. The van der Waals surface area contributed by atoms with Gasteiger partial charge in [-0.1, -0.05) is 30.3 Å². The first-order valence-electron chi connectivity index (χ1n) is 8.67. The maximum Gasteiger partial charge on any atom is 0.257 e. The second-order valence-electron chi connectivity index (χ2n) is 7.12. The summed E-state index contributed by atoms with van der Waals surface area (Å²) in [4.78, 5) is 16.8. The molecule has 25 heavy (non-hydrogen) atoms. The van der Waals surface area contributed by atoms with Crippen LogP contribution in [0, 0.1) is 0 Å². The Labute approximate surface area is 148 Å². The molecule has 0 aromatic heterocycles. The van der Waals surface area contributed by atoms with Gasteiger partial charge in [0.25, 0.3) is 5.91 Å². The van der Waals surface area contributed by atoms with E-state index in [1.807, 2.05) is 31.3 Å². The first-order valence-corrected chi connectivity index (χ1v) is 8.67. The van der Waals surface area contributed by atoms with Gasteiger partial charge in [0.2, 0.25) is 0 Å². The maximum atomic E-state index is 12.6. The Kier molecular flexibility index (Phi) is 3.85. The van der Waals surface area contributed by atoms with E-state index in [9.17, 15) is 4.79 Å². The normalized spacial score (nSPS) is 18.0. The monoisotopic (exact) mass is 333 g/mol. The van der Waals surface area contributed by atoms with E-state index in [0.717, 1.165) is 36.3 Å². The van der Waals surface area contributed by atoms with E-state index in [-0.39, 0.29) is 5.91 Å². The van der Waals surface area contributed by atoms with Gasteiger partial charge in [-0.25, -0.2) is 0 Å². The molecule has 0 unspecified atom stereocenters. The summed E-state index contributed by atoms with van der Waals surface area (Å²) in [5.41, 5.74) is 7.87. The van der Waals surface area contributed by atoms with Crippen LogP contribution in [0.5, 0.6) is 0 Å². The molecule has 2 aromatic rings. The van der Waals surface area contributed by atoms with Crippen molar-refractivity contribution in [1.82, 2.24) is 9.80 Å². The van der Waals surface area contributed by atoms with Crippen LogP contribution in [-0.2, 0) is 17.8 Å². The van der Waals surface area contributed by atoms with Crippen molar-refractivity contribution in [2.75, 3.05) is 33.0 Å². The third-order valence-corrected chi connectivity index (χ3v) is 4.97. The Morgan fingerprint density at radius 3 is 2.60 bits per heavy atom. The van der Waals surface area contributed by atoms with E-state index in [2.05, 4.69) is 47.6 Å². The van der Waals surface area contributed by atoms with Crippen LogP contribution in [0.2, 0.25) is 0 Å². The Morgan fingerprint density at radius 1 is 1.12 bits per heavy atom. The number of anilines is 1. The van der Waals surface area contributed by atoms with Gasteiger partial charge < -0.3 is 15.1 Å². The van der Waals surface area contributed by atoms with E-state index < -0.39 is 0 Å². The first kappa shape index (κ1) is 15.9. The minimum atomic E-state index is -0.00987. The number of amides is 1. The molecule has 4 nitrogen and oxygen atoms in total. The van der Waals surface area contributed by atoms with Crippen molar-refractivity contribution >= 4 is 17.2 Å². The summed E-state index contributed by atoms with van der Waals surface area (Å²) in [6.45, 7) is 1.91. The third-order valence-electron chi connectivity index (χ3n) is 4.97. The number of nitrogens with one attached hydrogen (secondary N) is 1. The van der Waals surface area contributed by atoms with Gasteiger partial charge in [-0.2, -0.15) is 0 Å². The lowest BCUT2D eigenvalue weighted by atomic mass is 9.87. The number of fused-ring (bicyclic) bond motifs is 3. The van der Waals surface area contributed by atoms with Crippen LogP contribution in [0.1, 0.15) is 16.7 Å². The lowest BCUT2D eigenvalue weighted by Crippen LogP contribution is -2.27. The molecule has 2 aliphatic heterocycles. The molecule has 0 saturated heterocycles. The van der Waals surface area contributed by atoms with Crippen molar-refractivity contribution in [1.29, 1.82) is 0 Å². The standard InChI is InChI=1S/C21H23N3O/c1-23(2)12-19-17-11-16(14-7-5-4-6-8-14)15-9-10-24(3)13-18(15)20(17)22-21(19)25/h4-8,11-12H,9-10,13H2,1-3H3,(H,22,25). The fourth-order valence-electron chi connectivity index (χ4n) is 3.81. The summed E-state index contributed by atoms with van der Waals surface area (Å²) in [7, 11) is 6.03. The van der Waals surface area contributed by atoms with Crippen molar-refractivity contribution in [3.63, 3.8) is 0 Å².